The summed E-state index contributed by atoms with van der Waals surface area (Å²) in [6, 6.07) is 6.20. The van der Waals surface area contributed by atoms with Crippen LogP contribution in [0.25, 0.3) is 5.13 Å². The average molecular weight is 401 g/mol. The number of amides is 1. The number of thiazole rings is 1. The molecule has 1 N–H and O–H groups in total. The molecule has 1 fully saturated rings. The highest BCUT2D eigenvalue weighted by Gasteiger charge is 2.43. The molecule has 1 aliphatic rings. The molecule has 0 aliphatic heterocycles. The quantitative estimate of drug-likeness (QED) is 0.675. The normalized spacial score (nSPS) is 15.9. The molecule has 0 radical (unpaired) electrons. The van der Waals surface area contributed by atoms with Crippen molar-refractivity contribution >= 4 is 28.6 Å². The zero-order chi connectivity index (χ0) is 18.9. The van der Waals surface area contributed by atoms with Gasteiger partial charge in [0.2, 0.25) is 11.0 Å². The highest BCUT2D eigenvalue weighted by Crippen LogP contribution is 2.43. The average Bonchev–Trinajstić information content (AvgIpc) is 3.42. The molecule has 0 saturated heterocycles. The minimum absolute atomic E-state index is 0.177. The van der Waals surface area contributed by atoms with Crippen molar-refractivity contribution in [2.45, 2.75) is 51.4 Å². The smallest absolute Gasteiger partial charge is 0.231 e. The van der Waals surface area contributed by atoms with Crippen molar-refractivity contribution in [3.05, 3.63) is 50.9 Å². The predicted octanol–water partition coefficient (Wildman–Crippen LogP) is 4.18. The number of aryl methyl sites for hydroxylation is 2. The molecule has 3 heterocycles. The van der Waals surface area contributed by atoms with Gasteiger partial charge in [-0.15, -0.1) is 22.7 Å². The standard InChI is InChI=1S/C20H24N4OS2/c1-14-12-15(2)24(23-14)19-22-16(13-27-19)7-10-21-18(25)20(8-3-4-9-20)17-6-5-11-26-17/h5-6,11-13H,3-4,7-10H2,1-2H3,(H,21,25). The zero-order valence-electron chi connectivity index (χ0n) is 15.7. The van der Waals surface area contributed by atoms with Crippen LogP contribution in [0.2, 0.25) is 0 Å². The molecule has 0 bridgehead atoms. The van der Waals surface area contributed by atoms with E-state index in [0.29, 0.717) is 6.54 Å². The Morgan fingerprint density at radius 3 is 2.78 bits per heavy atom. The predicted molar refractivity (Wildman–Crippen MR) is 110 cm³/mol. The van der Waals surface area contributed by atoms with Crippen LogP contribution in [-0.2, 0) is 16.6 Å². The first kappa shape index (κ1) is 18.4. The lowest BCUT2D eigenvalue weighted by atomic mass is 9.83. The minimum atomic E-state index is -0.314. The van der Waals surface area contributed by atoms with Gasteiger partial charge in [-0.1, -0.05) is 18.9 Å². The largest absolute Gasteiger partial charge is 0.355 e. The van der Waals surface area contributed by atoms with Crippen molar-refractivity contribution < 1.29 is 4.79 Å². The molecule has 0 atom stereocenters. The highest BCUT2D eigenvalue weighted by molar-refractivity contribution is 7.12. The number of carbonyl (C=O) groups excluding carboxylic acids is 1. The fraction of sp³-hybridized carbons (Fsp3) is 0.450. The van der Waals surface area contributed by atoms with Gasteiger partial charge in [0.05, 0.1) is 16.8 Å². The number of thiophene rings is 1. The Bertz CT molecular complexity index is 920. The van der Waals surface area contributed by atoms with Crippen LogP contribution in [-0.4, -0.2) is 27.2 Å². The Labute approximate surface area is 167 Å². The summed E-state index contributed by atoms with van der Waals surface area (Å²) in [6.45, 7) is 4.64. The maximum Gasteiger partial charge on any atom is 0.231 e. The molecule has 1 amide bonds. The molecular formula is C20H24N4OS2. The van der Waals surface area contributed by atoms with E-state index in [4.69, 9.17) is 0 Å². The van der Waals surface area contributed by atoms with Gasteiger partial charge in [-0.05, 0) is 44.2 Å². The second kappa shape index (κ2) is 7.56. The van der Waals surface area contributed by atoms with E-state index in [-0.39, 0.29) is 11.3 Å². The summed E-state index contributed by atoms with van der Waals surface area (Å²) >= 11 is 3.29. The molecule has 1 saturated carbocycles. The van der Waals surface area contributed by atoms with Crippen LogP contribution in [0.4, 0.5) is 0 Å². The second-order valence-electron chi connectivity index (χ2n) is 7.23. The fourth-order valence-corrected chi connectivity index (χ4v) is 5.77. The van der Waals surface area contributed by atoms with E-state index >= 15 is 0 Å². The van der Waals surface area contributed by atoms with E-state index in [0.717, 1.165) is 54.3 Å². The number of carbonyl (C=O) groups is 1. The van der Waals surface area contributed by atoms with Crippen LogP contribution in [0.15, 0.2) is 29.0 Å². The molecule has 0 aromatic carbocycles. The van der Waals surface area contributed by atoms with Gasteiger partial charge in [-0.3, -0.25) is 4.79 Å². The number of nitrogens with one attached hydrogen (secondary N) is 1. The summed E-state index contributed by atoms with van der Waals surface area (Å²) in [5, 5.41) is 12.7. The molecule has 4 rings (SSSR count). The summed E-state index contributed by atoms with van der Waals surface area (Å²) in [4.78, 5) is 18.9. The van der Waals surface area contributed by atoms with Crippen LogP contribution < -0.4 is 5.32 Å². The van der Waals surface area contributed by atoms with Crippen molar-refractivity contribution in [1.82, 2.24) is 20.1 Å². The molecule has 27 heavy (non-hydrogen) atoms. The van der Waals surface area contributed by atoms with Gasteiger partial charge in [0.1, 0.15) is 0 Å². The number of nitrogens with zero attached hydrogens (tertiary/aromatic N) is 3. The maximum atomic E-state index is 13.0. The SMILES string of the molecule is Cc1cc(C)n(-c2nc(CCNC(=O)C3(c4cccs4)CCCC3)cs2)n1. The van der Waals surface area contributed by atoms with Gasteiger partial charge in [-0.25, -0.2) is 9.67 Å². The van der Waals surface area contributed by atoms with Crippen molar-refractivity contribution in [3.8, 4) is 5.13 Å². The molecule has 1 aliphatic carbocycles. The lowest BCUT2D eigenvalue weighted by molar-refractivity contribution is -0.126. The number of hydrogen-bond donors (Lipinski definition) is 1. The van der Waals surface area contributed by atoms with Crippen LogP contribution in [0, 0.1) is 13.8 Å². The van der Waals surface area contributed by atoms with Gasteiger partial charge in [0.15, 0.2) is 0 Å². The molecular weight excluding hydrogens is 376 g/mol. The molecule has 5 nitrogen and oxygen atoms in total. The van der Waals surface area contributed by atoms with Gasteiger partial charge >= 0.3 is 0 Å². The Morgan fingerprint density at radius 1 is 1.30 bits per heavy atom. The summed E-state index contributed by atoms with van der Waals surface area (Å²) in [7, 11) is 0. The van der Waals surface area contributed by atoms with Gasteiger partial charge in [0.25, 0.3) is 0 Å². The third-order valence-corrected chi connectivity index (χ3v) is 7.22. The topological polar surface area (TPSA) is 59.8 Å². The van der Waals surface area contributed by atoms with Crippen LogP contribution in [0.5, 0.6) is 0 Å². The lowest BCUT2D eigenvalue weighted by Gasteiger charge is -2.26. The Kier molecular flexibility index (Phi) is 5.14. The molecule has 7 heteroatoms. The lowest BCUT2D eigenvalue weighted by Crippen LogP contribution is -2.42. The molecule has 142 valence electrons. The van der Waals surface area contributed by atoms with Crippen molar-refractivity contribution in [3.63, 3.8) is 0 Å². The Morgan fingerprint density at radius 2 is 2.11 bits per heavy atom. The summed E-state index contributed by atoms with van der Waals surface area (Å²) < 4.78 is 1.88. The zero-order valence-corrected chi connectivity index (χ0v) is 17.3. The first-order valence-corrected chi connectivity index (χ1v) is 11.1. The first-order chi connectivity index (χ1) is 13.1. The maximum absolute atomic E-state index is 13.0. The molecule has 0 spiro atoms. The molecule has 0 unspecified atom stereocenters. The summed E-state index contributed by atoms with van der Waals surface area (Å²) in [5.74, 6) is 0.177. The highest BCUT2D eigenvalue weighted by atomic mass is 32.1. The van der Waals surface area contributed by atoms with Crippen molar-refractivity contribution in [2.24, 2.45) is 0 Å². The van der Waals surface area contributed by atoms with E-state index in [1.165, 1.54) is 4.88 Å². The van der Waals surface area contributed by atoms with Crippen molar-refractivity contribution in [2.75, 3.05) is 6.54 Å². The third-order valence-electron chi connectivity index (χ3n) is 5.28. The van der Waals surface area contributed by atoms with Gasteiger partial charge in [0, 0.05) is 28.9 Å². The van der Waals surface area contributed by atoms with Crippen LogP contribution in [0.3, 0.4) is 0 Å². The molecule has 3 aromatic heterocycles. The van der Waals surface area contributed by atoms with E-state index in [9.17, 15) is 4.79 Å². The second-order valence-corrected chi connectivity index (χ2v) is 9.02. The minimum Gasteiger partial charge on any atom is -0.355 e. The van der Waals surface area contributed by atoms with Crippen LogP contribution >= 0.6 is 22.7 Å². The summed E-state index contributed by atoms with van der Waals surface area (Å²) in [5.41, 5.74) is 2.76. The van der Waals surface area contributed by atoms with E-state index in [1.54, 1.807) is 22.7 Å². The summed E-state index contributed by atoms with van der Waals surface area (Å²) in [6.07, 6.45) is 4.91. The number of aromatic nitrogens is 3. The van der Waals surface area contributed by atoms with Gasteiger partial charge < -0.3 is 5.32 Å². The third kappa shape index (κ3) is 3.58. The van der Waals surface area contributed by atoms with E-state index in [1.807, 2.05) is 30.7 Å². The Balaban J connectivity index is 1.39. The first-order valence-electron chi connectivity index (χ1n) is 9.39. The number of hydrogen-bond acceptors (Lipinski definition) is 5. The van der Waals surface area contributed by atoms with Gasteiger partial charge in [-0.2, -0.15) is 5.10 Å². The van der Waals surface area contributed by atoms with Crippen LogP contribution in [0.1, 0.15) is 47.6 Å². The van der Waals surface area contributed by atoms with E-state index < -0.39 is 0 Å². The Hall–Kier alpha value is -1.99. The van der Waals surface area contributed by atoms with Crippen molar-refractivity contribution in [1.29, 1.82) is 0 Å². The fourth-order valence-electron chi connectivity index (χ4n) is 3.92. The number of rotatable bonds is 6. The van der Waals surface area contributed by atoms with E-state index in [2.05, 4.69) is 32.2 Å². The molecule has 3 aromatic rings. The monoisotopic (exact) mass is 400 g/mol.